The fraction of sp³-hybridized carbons (Fsp3) is 0.600. The summed E-state index contributed by atoms with van der Waals surface area (Å²) in [5.41, 5.74) is 0.679. The molecule has 2 aliphatic heterocycles. The third kappa shape index (κ3) is 3.29. The Balaban J connectivity index is 1.69. The average molecular weight is 352 g/mol. The molecule has 0 aliphatic carbocycles. The predicted molar refractivity (Wildman–Crippen MR) is 93.7 cm³/mol. The van der Waals surface area contributed by atoms with Gasteiger partial charge in [0.1, 0.15) is 0 Å². The van der Waals surface area contributed by atoms with Crippen molar-refractivity contribution in [2.45, 2.75) is 25.3 Å². The molecule has 1 aromatic heterocycles. The molecule has 1 saturated heterocycles. The molecule has 0 unspecified atom stereocenters. The Morgan fingerprint density at radius 3 is 2.71 bits per heavy atom. The molecule has 8 nitrogen and oxygen atoms in total. The number of nitrogens with zero attached hydrogens (tertiary/aromatic N) is 4. The van der Waals surface area contributed by atoms with Gasteiger partial charge in [-0.05, 0) is 26.8 Å². The molecule has 0 aromatic carbocycles. The first-order valence-electron chi connectivity index (χ1n) is 7.97. The zero-order valence-corrected chi connectivity index (χ0v) is 14.9. The standard InChI is InChI=1S/C15H22ClN7O/c1-9-11(16)20-10(12(17-2)19-9)13(24)21-14-18-8-15(22-14)4-6-23(3)7-5-15/h4-8H2,1-3H3,(H,17,19)(H2,18,21,22,24). The first-order chi connectivity index (χ1) is 11.4. The maximum Gasteiger partial charge on any atom is 0.280 e. The number of carbonyl (C=O) groups excluding carboxylic acids is 1. The predicted octanol–water partition coefficient (Wildman–Crippen LogP) is 0.634. The normalized spacial score (nSPS) is 19.8. The maximum absolute atomic E-state index is 12.5. The van der Waals surface area contributed by atoms with E-state index in [2.05, 4.69) is 42.9 Å². The van der Waals surface area contributed by atoms with Crippen molar-refractivity contribution in [2.24, 2.45) is 4.99 Å². The summed E-state index contributed by atoms with van der Waals surface area (Å²) >= 11 is 6.00. The Bertz CT molecular complexity index is 683. The van der Waals surface area contributed by atoms with Gasteiger partial charge in [0.2, 0.25) is 0 Å². The van der Waals surface area contributed by atoms with E-state index < -0.39 is 0 Å². The number of rotatable bonds is 2. The molecule has 9 heteroatoms. The Morgan fingerprint density at radius 2 is 2.04 bits per heavy atom. The third-order valence-corrected chi connectivity index (χ3v) is 4.92. The van der Waals surface area contributed by atoms with E-state index in [0.29, 0.717) is 24.0 Å². The minimum atomic E-state index is -0.384. The highest BCUT2D eigenvalue weighted by atomic mass is 35.5. The first-order valence-corrected chi connectivity index (χ1v) is 8.35. The summed E-state index contributed by atoms with van der Waals surface area (Å²) in [5.74, 6) is 0.497. The Hall–Kier alpha value is -1.93. The van der Waals surface area contributed by atoms with E-state index >= 15 is 0 Å². The minimum absolute atomic E-state index is 0.0441. The van der Waals surface area contributed by atoms with E-state index in [0.717, 1.165) is 25.9 Å². The monoisotopic (exact) mass is 351 g/mol. The lowest BCUT2D eigenvalue weighted by atomic mass is 9.88. The molecule has 0 saturated carbocycles. The lowest BCUT2D eigenvalue weighted by Gasteiger charge is -2.37. The molecule has 3 N–H and O–H groups in total. The van der Waals surface area contributed by atoms with Gasteiger partial charge in [0.05, 0.1) is 17.8 Å². The van der Waals surface area contributed by atoms with E-state index in [-0.39, 0.29) is 22.3 Å². The van der Waals surface area contributed by atoms with Crippen molar-refractivity contribution in [3.8, 4) is 0 Å². The van der Waals surface area contributed by atoms with Crippen LogP contribution in [0.25, 0.3) is 0 Å². The molecular weight excluding hydrogens is 330 g/mol. The number of carbonyl (C=O) groups is 1. The summed E-state index contributed by atoms with van der Waals surface area (Å²) in [6.07, 6.45) is 2.01. The molecule has 3 heterocycles. The molecule has 0 bridgehead atoms. The van der Waals surface area contributed by atoms with Gasteiger partial charge in [-0.15, -0.1) is 0 Å². The summed E-state index contributed by atoms with van der Waals surface area (Å²) in [6.45, 7) is 4.46. The van der Waals surface area contributed by atoms with Crippen molar-refractivity contribution >= 4 is 29.3 Å². The number of aliphatic imine (C=N–C) groups is 1. The quantitative estimate of drug-likeness (QED) is 0.723. The summed E-state index contributed by atoms with van der Waals surface area (Å²) in [7, 11) is 3.80. The van der Waals surface area contributed by atoms with E-state index in [9.17, 15) is 4.79 Å². The van der Waals surface area contributed by atoms with Crippen LogP contribution < -0.4 is 16.0 Å². The summed E-state index contributed by atoms with van der Waals surface area (Å²) < 4.78 is 0. The van der Waals surface area contributed by atoms with Crippen LogP contribution >= 0.6 is 11.6 Å². The van der Waals surface area contributed by atoms with Crippen molar-refractivity contribution < 1.29 is 4.79 Å². The SMILES string of the molecule is CNc1nc(C)c(Cl)nc1C(=O)NC1=NCC2(CCN(C)CC2)N1. The zero-order valence-electron chi connectivity index (χ0n) is 14.1. The van der Waals surface area contributed by atoms with Crippen molar-refractivity contribution in [1.29, 1.82) is 0 Å². The van der Waals surface area contributed by atoms with Crippen LogP contribution in [0, 0.1) is 6.92 Å². The number of aromatic nitrogens is 2. The number of nitrogens with one attached hydrogen (secondary N) is 3. The minimum Gasteiger partial charge on any atom is -0.371 e. The molecular formula is C15H22ClN7O. The number of amides is 1. The van der Waals surface area contributed by atoms with Gasteiger partial charge in [0.15, 0.2) is 22.6 Å². The number of guanidine groups is 1. The molecule has 24 heavy (non-hydrogen) atoms. The van der Waals surface area contributed by atoms with E-state index in [1.807, 2.05) is 0 Å². The third-order valence-electron chi connectivity index (χ3n) is 4.56. The molecule has 1 fully saturated rings. The Kier molecular flexibility index (Phi) is 4.60. The van der Waals surface area contributed by atoms with Gasteiger partial charge in [-0.25, -0.2) is 9.97 Å². The molecule has 1 aromatic rings. The first kappa shape index (κ1) is 16.9. The average Bonchev–Trinajstić information content (AvgIpc) is 2.95. The van der Waals surface area contributed by atoms with Crippen molar-refractivity contribution in [2.75, 3.05) is 39.0 Å². The number of anilines is 1. The Morgan fingerprint density at radius 1 is 1.33 bits per heavy atom. The van der Waals surface area contributed by atoms with Crippen molar-refractivity contribution in [3.05, 3.63) is 16.5 Å². The highest BCUT2D eigenvalue weighted by molar-refractivity contribution is 6.30. The van der Waals surface area contributed by atoms with Crippen LogP contribution in [0.2, 0.25) is 5.15 Å². The zero-order chi connectivity index (χ0) is 17.3. The molecule has 0 radical (unpaired) electrons. The maximum atomic E-state index is 12.5. The topological polar surface area (TPSA) is 94.5 Å². The van der Waals surface area contributed by atoms with Crippen LogP contribution in [0.5, 0.6) is 0 Å². The number of hydrogen-bond acceptors (Lipinski definition) is 7. The summed E-state index contributed by atoms with van der Waals surface area (Å²) in [5, 5.41) is 9.25. The lowest BCUT2D eigenvalue weighted by molar-refractivity contribution is 0.0971. The van der Waals surface area contributed by atoms with Crippen LogP contribution in [0.1, 0.15) is 29.0 Å². The summed E-state index contributed by atoms with van der Waals surface area (Å²) in [6, 6.07) is 0. The van der Waals surface area contributed by atoms with Crippen LogP contribution in [0.3, 0.4) is 0 Å². The highest BCUT2D eigenvalue weighted by Gasteiger charge is 2.38. The number of aryl methyl sites for hydroxylation is 1. The molecule has 0 atom stereocenters. The fourth-order valence-corrected chi connectivity index (χ4v) is 3.09. The van der Waals surface area contributed by atoms with E-state index in [1.54, 1.807) is 14.0 Å². The summed E-state index contributed by atoms with van der Waals surface area (Å²) in [4.78, 5) is 27.7. The highest BCUT2D eigenvalue weighted by Crippen LogP contribution is 2.25. The van der Waals surface area contributed by atoms with Crippen LogP contribution in [-0.4, -0.2) is 66.0 Å². The number of hydrogen-bond donors (Lipinski definition) is 3. The fourth-order valence-electron chi connectivity index (χ4n) is 2.96. The number of piperidine rings is 1. The van der Waals surface area contributed by atoms with E-state index in [1.165, 1.54) is 0 Å². The second-order valence-electron chi connectivity index (χ2n) is 6.37. The van der Waals surface area contributed by atoms with Gasteiger partial charge in [0, 0.05) is 20.1 Å². The van der Waals surface area contributed by atoms with Crippen molar-refractivity contribution in [1.82, 2.24) is 25.5 Å². The second kappa shape index (κ2) is 6.52. The number of likely N-dealkylation sites (tertiary alicyclic amines) is 1. The van der Waals surface area contributed by atoms with Gasteiger partial charge in [-0.1, -0.05) is 11.6 Å². The second-order valence-corrected chi connectivity index (χ2v) is 6.73. The molecule has 1 spiro atoms. The van der Waals surface area contributed by atoms with Crippen molar-refractivity contribution in [3.63, 3.8) is 0 Å². The smallest absolute Gasteiger partial charge is 0.280 e. The lowest BCUT2D eigenvalue weighted by Crippen LogP contribution is -2.55. The van der Waals surface area contributed by atoms with Crippen LogP contribution in [0.4, 0.5) is 5.82 Å². The van der Waals surface area contributed by atoms with E-state index in [4.69, 9.17) is 11.6 Å². The van der Waals surface area contributed by atoms with Gasteiger partial charge in [-0.2, -0.15) is 0 Å². The van der Waals surface area contributed by atoms with Crippen LogP contribution in [0.15, 0.2) is 4.99 Å². The van der Waals surface area contributed by atoms with Gasteiger partial charge >= 0.3 is 0 Å². The van der Waals surface area contributed by atoms with Crippen LogP contribution in [-0.2, 0) is 0 Å². The van der Waals surface area contributed by atoms with Gasteiger partial charge in [-0.3, -0.25) is 15.1 Å². The van der Waals surface area contributed by atoms with Gasteiger partial charge < -0.3 is 15.5 Å². The molecule has 2 aliphatic rings. The largest absolute Gasteiger partial charge is 0.371 e. The molecule has 1 amide bonds. The van der Waals surface area contributed by atoms with Gasteiger partial charge in [0.25, 0.3) is 5.91 Å². The molecule has 3 rings (SSSR count). The number of halogens is 1. The molecule has 130 valence electrons. The Labute approximate surface area is 146 Å².